The minimum absolute atomic E-state index is 0.268. The third-order valence-electron chi connectivity index (χ3n) is 6.50. The van der Waals surface area contributed by atoms with E-state index in [1.54, 1.807) is 18.2 Å². The minimum atomic E-state index is -3.28. The van der Waals surface area contributed by atoms with Crippen LogP contribution in [0.1, 0.15) is 28.0 Å². The second kappa shape index (κ2) is 10.6. The molecule has 0 atom stereocenters. The number of H-pyrrole nitrogens is 1. The zero-order valence-corrected chi connectivity index (χ0v) is 22.0. The van der Waals surface area contributed by atoms with Crippen molar-refractivity contribution in [2.24, 2.45) is 5.73 Å². The van der Waals surface area contributed by atoms with Crippen LogP contribution in [0.15, 0.2) is 54.6 Å². The van der Waals surface area contributed by atoms with Crippen molar-refractivity contribution in [3.63, 3.8) is 0 Å². The fourth-order valence-corrected chi connectivity index (χ4v) is 5.25. The summed E-state index contributed by atoms with van der Waals surface area (Å²) in [5.41, 5.74) is 11.3. The van der Waals surface area contributed by atoms with E-state index in [0.29, 0.717) is 29.7 Å². The molecule has 1 aliphatic rings. The molecule has 4 N–H and O–H groups in total. The number of hydrogen-bond donors (Lipinski definition) is 3. The standard InChI is InChI=1S/C27H28N4O6S/c1-16-18(5-4-6-22(16)29-24(32)9-10-25(33)37-2)19-7-8-20(27(28)34)26-21(19)15-23(30-26)17-11-13-31(14-12-17)38(3,35)36/h4-11,15,30H,12-14H2,1-3H3,(H2,28,34)(H,29,32)/b10-9+. The highest BCUT2D eigenvalue weighted by atomic mass is 32.2. The molecule has 0 spiro atoms. The van der Waals surface area contributed by atoms with Crippen molar-refractivity contribution in [1.82, 2.24) is 9.29 Å². The third-order valence-corrected chi connectivity index (χ3v) is 7.77. The number of methoxy groups -OCH3 is 1. The number of nitrogens with two attached hydrogens (primary N) is 1. The van der Waals surface area contributed by atoms with Crippen molar-refractivity contribution < 1.29 is 27.5 Å². The van der Waals surface area contributed by atoms with E-state index in [1.807, 2.05) is 31.2 Å². The van der Waals surface area contributed by atoms with Crippen LogP contribution in [0.25, 0.3) is 27.6 Å². The Morgan fingerprint density at radius 2 is 1.89 bits per heavy atom. The lowest BCUT2D eigenvalue weighted by molar-refractivity contribution is -0.135. The zero-order valence-electron chi connectivity index (χ0n) is 21.2. The number of carbonyl (C=O) groups is 3. The molecule has 2 amide bonds. The van der Waals surface area contributed by atoms with Gasteiger partial charge in [-0.1, -0.05) is 24.3 Å². The van der Waals surface area contributed by atoms with Crippen molar-refractivity contribution in [2.75, 3.05) is 31.8 Å². The van der Waals surface area contributed by atoms with Crippen molar-refractivity contribution in [1.29, 1.82) is 0 Å². The summed E-state index contributed by atoms with van der Waals surface area (Å²) in [7, 11) is -2.06. The monoisotopic (exact) mass is 536 g/mol. The molecular weight excluding hydrogens is 508 g/mol. The number of ether oxygens (including phenoxy) is 1. The first-order valence-electron chi connectivity index (χ1n) is 11.8. The van der Waals surface area contributed by atoms with Gasteiger partial charge < -0.3 is 20.8 Å². The highest BCUT2D eigenvalue weighted by Gasteiger charge is 2.23. The Morgan fingerprint density at radius 3 is 2.53 bits per heavy atom. The molecule has 4 rings (SSSR count). The van der Waals surface area contributed by atoms with E-state index in [4.69, 9.17) is 5.73 Å². The predicted molar refractivity (Wildman–Crippen MR) is 146 cm³/mol. The molecule has 0 saturated heterocycles. The molecule has 1 aliphatic heterocycles. The van der Waals surface area contributed by atoms with Crippen LogP contribution in [0.4, 0.5) is 5.69 Å². The number of esters is 1. The van der Waals surface area contributed by atoms with Gasteiger partial charge in [0.05, 0.1) is 24.4 Å². The van der Waals surface area contributed by atoms with Crippen LogP contribution in [0.5, 0.6) is 0 Å². The van der Waals surface area contributed by atoms with E-state index >= 15 is 0 Å². The summed E-state index contributed by atoms with van der Waals surface area (Å²) in [6.45, 7) is 2.49. The number of nitrogens with one attached hydrogen (secondary N) is 2. The average Bonchev–Trinajstić information content (AvgIpc) is 3.33. The summed E-state index contributed by atoms with van der Waals surface area (Å²) in [5.74, 6) is -1.70. The largest absolute Gasteiger partial charge is 0.466 e. The van der Waals surface area contributed by atoms with E-state index in [2.05, 4.69) is 15.0 Å². The normalized spacial score (nSPS) is 14.4. The Balaban J connectivity index is 1.75. The number of aromatic amines is 1. The zero-order chi connectivity index (χ0) is 27.6. The number of fused-ring (bicyclic) bond motifs is 1. The maximum Gasteiger partial charge on any atom is 0.330 e. The quantitative estimate of drug-likeness (QED) is 0.312. The van der Waals surface area contributed by atoms with E-state index < -0.39 is 27.8 Å². The van der Waals surface area contributed by atoms with Gasteiger partial charge in [0.2, 0.25) is 15.9 Å². The number of amides is 2. The molecule has 11 heteroatoms. The molecule has 10 nitrogen and oxygen atoms in total. The molecule has 38 heavy (non-hydrogen) atoms. The van der Waals surface area contributed by atoms with Crippen LogP contribution in [-0.4, -0.2) is 61.9 Å². The number of nitrogens with zero attached hydrogens (tertiary/aromatic N) is 1. The maximum absolute atomic E-state index is 12.3. The van der Waals surface area contributed by atoms with Crippen molar-refractivity contribution in [2.45, 2.75) is 13.3 Å². The van der Waals surface area contributed by atoms with Crippen LogP contribution >= 0.6 is 0 Å². The van der Waals surface area contributed by atoms with Gasteiger partial charge in [0, 0.05) is 42.0 Å². The van der Waals surface area contributed by atoms with Gasteiger partial charge >= 0.3 is 5.97 Å². The van der Waals surface area contributed by atoms with E-state index in [1.165, 1.54) is 17.7 Å². The van der Waals surface area contributed by atoms with Gasteiger partial charge in [0.15, 0.2) is 0 Å². The van der Waals surface area contributed by atoms with Gasteiger partial charge in [-0.25, -0.2) is 13.2 Å². The van der Waals surface area contributed by atoms with Crippen LogP contribution in [-0.2, 0) is 24.3 Å². The smallest absolute Gasteiger partial charge is 0.330 e. The van der Waals surface area contributed by atoms with Gasteiger partial charge in [-0.05, 0) is 53.8 Å². The summed E-state index contributed by atoms with van der Waals surface area (Å²) >= 11 is 0. The summed E-state index contributed by atoms with van der Waals surface area (Å²) in [6, 6.07) is 10.9. The summed E-state index contributed by atoms with van der Waals surface area (Å²) < 4.78 is 29.7. The lowest BCUT2D eigenvalue weighted by atomic mass is 9.94. The third kappa shape index (κ3) is 5.53. The SMILES string of the molecule is COC(=O)/C=C/C(=O)Nc1cccc(-c2ccc(C(N)=O)c3[nH]c(C4=CCN(S(C)(=O)=O)CC4)cc23)c1C. The van der Waals surface area contributed by atoms with Crippen molar-refractivity contribution in [3.8, 4) is 11.1 Å². The molecule has 0 saturated carbocycles. The first kappa shape index (κ1) is 26.8. The fraction of sp³-hybridized carbons (Fsp3) is 0.222. The Bertz CT molecular complexity index is 1620. The number of rotatable bonds is 7. The molecule has 0 radical (unpaired) electrons. The highest BCUT2D eigenvalue weighted by molar-refractivity contribution is 7.88. The molecule has 3 aromatic rings. The summed E-state index contributed by atoms with van der Waals surface area (Å²) in [4.78, 5) is 39.1. The molecule has 0 aliphatic carbocycles. The van der Waals surface area contributed by atoms with Gasteiger partial charge in [-0.3, -0.25) is 9.59 Å². The van der Waals surface area contributed by atoms with Gasteiger partial charge in [0.1, 0.15) is 0 Å². The number of aromatic nitrogens is 1. The second-order valence-electron chi connectivity index (χ2n) is 8.92. The average molecular weight is 537 g/mol. The summed E-state index contributed by atoms with van der Waals surface area (Å²) in [6.07, 6.45) is 5.70. The van der Waals surface area contributed by atoms with Crippen molar-refractivity contribution >= 4 is 50.0 Å². The second-order valence-corrected chi connectivity index (χ2v) is 10.9. The lowest BCUT2D eigenvalue weighted by Gasteiger charge is -2.23. The first-order chi connectivity index (χ1) is 18.0. The fourth-order valence-electron chi connectivity index (χ4n) is 4.48. The van der Waals surface area contributed by atoms with Gasteiger partial charge in [-0.15, -0.1) is 0 Å². The molecule has 0 bridgehead atoms. The van der Waals surface area contributed by atoms with E-state index in [0.717, 1.165) is 45.5 Å². The summed E-state index contributed by atoms with van der Waals surface area (Å²) in [5, 5.41) is 3.54. The Morgan fingerprint density at radius 1 is 1.13 bits per heavy atom. The topological polar surface area (TPSA) is 152 Å². The Hall–Kier alpha value is -4.22. The number of carbonyl (C=O) groups excluding carboxylic acids is 3. The molecule has 0 unspecified atom stereocenters. The van der Waals surface area contributed by atoms with E-state index in [-0.39, 0.29) is 6.54 Å². The van der Waals surface area contributed by atoms with Gasteiger partial charge in [-0.2, -0.15) is 4.31 Å². The highest BCUT2D eigenvalue weighted by Crippen LogP contribution is 2.37. The molecular formula is C27H28N4O6S. The number of primary amides is 1. The number of sulfonamides is 1. The molecule has 2 aromatic carbocycles. The van der Waals surface area contributed by atoms with Crippen LogP contribution in [0.2, 0.25) is 0 Å². The minimum Gasteiger partial charge on any atom is -0.466 e. The number of anilines is 1. The van der Waals surface area contributed by atoms with Crippen LogP contribution < -0.4 is 11.1 Å². The molecule has 2 heterocycles. The molecule has 198 valence electrons. The van der Waals surface area contributed by atoms with Crippen LogP contribution in [0.3, 0.4) is 0 Å². The van der Waals surface area contributed by atoms with E-state index in [9.17, 15) is 22.8 Å². The maximum atomic E-state index is 12.3. The predicted octanol–water partition coefficient (Wildman–Crippen LogP) is 2.96. The van der Waals surface area contributed by atoms with Crippen LogP contribution in [0, 0.1) is 6.92 Å². The number of hydrogen-bond acceptors (Lipinski definition) is 6. The molecule has 0 fully saturated rings. The van der Waals surface area contributed by atoms with Crippen molar-refractivity contribution in [3.05, 3.63) is 71.4 Å². The number of benzene rings is 2. The Kier molecular flexibility index (Phi) is 7.51. The van der Waals surface area contributed by atoms with Gasteiger partial charge in [0.25, 0.3) is 5.91 Å². The Labute approximate surface area is 220 Å². The molecule has 1 aromatic heterocycles. The lowest BCUT2D eigenvalue weighted by Crippen LogP contribution is -2.33. The first-order valence-corrected chi connectivity index (χ1v) is 13.6.